The molecule has 6 N–H and O–H groups in total. The molecule has 3 amide bonds. The highest BCUT2D eigenvalue weighted by atomic mass is 28.4. The van der Waals surface area contributed by atoms with E-state index in [1.807, 2.05) is 26.0 Å². The lowest BCUT2D eigenvalue weighted by atomic mass is 10.0. The van der Waals surface area contributed by atoms with E-state index in [9.17, 15) is 14.4 Å². The van der Waals surface area contributed by atoms with Crippen LogP contribution in [0, 0.1) is 5.92 Å². The summed E-state index contributed by atoms with van der Waals surface area (Å²) < 4.78 is 38.9. The Kier molecular flexibility index (Phi) is 27.8. The van der Waals surface area contributed by atoms with Crippen LogP contribution in [0.4, 0.5) is 5.69 Å². The standard InChI is InChI=1S/C38H70N8O10Si/c1-30(2)35(45-34(47)15-18-50-20-22-52-24-26-54-28-29-55-27-25-53-23-21-51-19-17-42-46-40)37(49)44-33(10-8-9-16-41-39)36(48)43-31-11-13-32(14-12-31)56-57(6,7)38(3,4)5/h11-14,30,33,35,41H,8-10,15-29,39H2,1-7H3,(H,43,48)(H,44,49)(H,45,47)/t33-,35-/m0/s1. The SMILES string of the molecule is CC(C)[C@H](NC(=O)CCOCCOCCOCCOCCOCCOCCN=[N+]=[N-])C(=O)N[C@@H](CCCCNN)C(=O)Nc1ccc(O[Si](C)(C)C(C)(C)C)cc1. The number of ether oxygens (including phenoxy) is 6. The van der Waals surface area contributed by atoms with Crippen LogP contribution < -0.4 is 31.6 Å². The van der Waals surface area contributed by atoms with Crippen molar-refractivity contribution >= 4 is 31.7 Å². The van der Waals surface area contributed by atoms with Crippen molar-refractivity contribution in [3.63, 3.8) is 0 Å². The number of anilines is 1. The minimum atomic E-state index is -2.02. The number of nitrogens with one attached hydrogen (secondary N) is 4. The number of hydrazine groups is 1. The molecular formula is C38H70N8O10Si. The topological polar surface area (TPSA) is 239 Å². The molecule has 19 heteroatoms. The fourth-order valence-electron chi connectivity index (χ4n) is 4.69. The van der Waals surface area contributed by atoms with Crippen LogP contribution >= 0.6 is 0 Å². The van der Waals surface area contributed by atoms with Gasteiger partial charge in [-0.25, -0.2) is 0 Å². The van der Waals surface area contributed by atoms with Crippen LogP contribution in [-0.4, -0.2) is 130 Å². The van der Waals surface area contributed by atoms with Gasteiger partial charge in [-0.05, 0) is 73.1 Å². The summed E-state index contributed by atoms with van der Waals surface area (Å²) >= 11 is 0. The van der Waals surface area contributed by atoms with Crippen LogP contribution in [-0.2, 0) is 42.8 Å². The van der Waals surface area contributed by atoms with E-state index in [-0.39, 0.29) is 35.8 Å². The Hall–Kier alpha value is -3.36. The van der Waals surface area contributed by atoms with Gasteiger partial charge in [-0.3, -0.25) is 25.7 Å². The summed E-state index contributed by atoms with van der Waals surface area (Å²) in [5, 5.41) is 12.0. The van der Waals surface area contributed by atoms with E-state index in [0.29, 0.717) is 111 Å². The summed E-state index contributed by atoms with van der Waals surface area (Å²) in [6.45, 7) is 20.0. The zero-order valence-electron chi connectivity index (χ0n) is 35.3. The van der Waals surface area contributed by atoms with Crippen LogP contribution in [0.3, 0.4) is 0 Å². The second-order valence-electron chi connectivity index (χ2n) is 15.1. The molecule has 0 saturated heterocycles. The number of carbonyl (C=O) groups is 3. The predicted molar refractivity (Wildman–Crippen MR) is 221 cm³/mol. The van der Waals surface area contributed by atoms with Gasteiger partial charge < -0.3 is 48.8 Å². The number of nitrogens with zero attached hydrogens (tertiary/aromatic N) is 3. The lowest BCUT2D eigenvalue weighted by Crippen LogP contribution is -2.54. The first-order valence-corrected chi connectivity index (χ1v) is 22.7. The minimum Gasteiger partial charge on any atom is -0.544 e. The number of azide groups is 1. The van der Waals surface area contributed by atoms with E-state index in [2.05, 4.69) is 65.3 Å². The van der Waals surface area contributed by atoms with Gasteiger partial charge in [-0.15, -0.1) is 0 Å². The van der Waals surface area contributed by atoms with E-state index in [0.717, 1.165) is 5.75 Å². The zero-order chi connectivity index (χ0) is 42.4. The van der Waals surface area contributed by atoms with Crippen LogP contribution in [0.2, 0.25) is 18.1 Å². The first-order valence-electron chi connectivity index (χ1n) is 19.8. The number of carbonyl (C=O) groups excluding carboxylic acids is 3. The van der Waals surface area contributed by atoms with Gasteiger partial charge in [0.05, 0.1) is 79.3 Å². The third kappa shape index (κ3) is 24.9. The first-order chi connectivity index (χ1) is 27.2. The molecule has 0 aromatic heterocycles. The number of hydrogen-bond acceptors (Lipinski definition) is 13. The molecule has 0 radical (unpaired) electrons. The molecule has 0 bridgehead atoms. The van der Waals surface area contributed by atoms with Crippen molar-refractivity contribution in [3.8, 4) is 5.75 Å². The molecule has 57 heavy (non-hydrogen) atoms. The second kappa shape index (κ2) is 30.7. The molecule has 2 atom stereocenters. The first kappa shape index (κ1) is 51.7. The number of nitrogens with two attached hydrogens (primary N) is 1. The zero-order valence-corrected chi connectivity index (χ0v) is 36.3. The summed E-state index contributed by atoms with van der Waals surface area (Å²) in [5.41, 5.74) is 11.4. The van der Waals surface area contributed by atoms with Crippen molar-refractivity contribution < 1.29 is 47.2 Å². The van der Waals surface area contributed by atoms with Crippen molar-refractivity contribution in [2.24, 2.45) is 16.9 Å². The molecule has 1 rings (SSSR count). The third-order valence-corrected chi connectivity index (χ3v) is 13.4. The maximum absolute atomic E-state index is 13.5. The van der Waals surface area contributed by atoms with Crippen molar-refractivity contribution in [1.82, 2.24) is 16.1 Å². The average molecular weight is 827 g/mol. The fraction of sp³-hybridized carbons (Fsp3) is 0.763. The Balaban J connectivity index is 2.38. The quantitative estimate of drug-likeness (QED) is 0.0126. The molecule has 1 aromatic rings. The maximum Gasteiger partial charge on any atom is 0.250 e. The Morgan fingerprint density at radius 3 is 1.75 bits per heavy atom. The summed E-state index contributed by atoms with van der Waals surface area (Å²) in [6.07, 6.45) is 1.80. The lowest BCUT2D eigenvalue weighted by molar-refractivity contribution is -0.132. The van der Waals surface area contributed by atoms with Crippen molar-refractivity contribution in [2.45, 2.75) is 90.5 Å². The number of benzene rings is 1. The monoisotopic (exact) mass is 826 g/mol. The Morgan fingerprint density at radius 1 is 0.772 bits per heavy atom. The van der Waals surface area contributed by atoms with Crippen LogP contribution in [0.15, 0.2) is 29.4 Å². The largest absolute Gasteiger partial charge is 0.544 e. The number of hydrogen-bond donors (Lipinski definition) is 5. The molecule has 0 unspecified atom stereocenters. The molecule has 0 heterocycles. The van der Waals surface area contributed by atoms with Crippen molar-refractivity contribution in [3.05, 3.63) is 34.7 Å². The molecule has 0 spiro atoms. The second-order valence-corrected chi connectivity index (χ2v) is 19.8. The van der Waals surface area contributed by atoms with Gasteiger partial charge in [0.15, 0.2) is 0 Å². The molecule has 0 aliphatic rings. The highest BCUT2D eigenvalue weighted by Crippen LogP contribution is 2.37. The Labute approximate surface area is 340 Å². The van der Waals surface area contributed by atoms with E-state index < -0.39 is 26.3 Å². The van der Waals surface area contributed by atoms with Crippen LogP contribution in [0.1, 0.15) is 60.3 Å². The van der Waals surface area contributed by atoms with Gasteiger partial charge in [-0.2, -0.15) is 0 Å². The smallest absolute Gasteiger partial charge is 0.250 e. The van der Waals surface area contributed by atoms with Gasteiger partial charge in [-0.1, -0.05) is 39.7 Å². The highest BCUT2D eigenvalue weighted by Gasteiger charge is 2.39. The normalized spacial score (nSPS) is 12.8. The van der Waals surface area contributed by atoms with E-state index in [4.69, 9.17) is 44.2 Å². The van der Waals surface area contributed by atoms with E-state index in [1.54, 1.807) is 12.1 Å². The van der Waals surface area contributed by atoms with Crippen molar-refractivity contribution in [1.29, 1.82) is 0 Å². The molecule has 326 valence electrons. The van der Waals surface area contributed by atoms with Gasteiger partial charge in [0, 0.05) is 30.1 Å². The summed E-state index contributed by atoms with van der Waals surface area (Å²) in [4.78, 5) is 42.3. The predicted octanol–water partition coefficient (Wildman–Crippen LogP) is 4.07. The van der Waals surface area contributed by atoms with Crippen molar-refractivity contribution in [2.75, 3.05) is 97.7 Å². The molecule has 0 saturated carbocycles. The van der Waals surface area contributed by atoms with Gasteiger partial charge >= 0.3 is 0 Å². The number of unbranched alkanes of at least 4 members (excludes halogenated alkanes) is 1. The molecule has 0 aliphatic heterocycles. The molecule has 0 aliphatic carbocycles. The Bertz CT molecular complexity index is 1300. The maximum atomic E-state index is 13.5. The molecular weight excluding hydrogens is 757 g/mol. The van der Waals surface area contributed by atoms with Gasteiger partial charge in [0.1, 0.15) is 17.8 Å². The molecule has 1 aromatic carbocycles. The van der Waals surface area contributed by atoms with E-state index >= 15 is 0 Å². The average Bonchev–Trinajstić information content (AvgIpc) is 3.15. The summed E-state index contributed by atoms with van der Waals surface area (Å²) in [5.74, 6) is 4.79. The molecule has 0 fully saturated rings. The van der Waals surface area contributed by atoms with Gasteiger partial charge in [0.2, 0.25) is 26.0 Å². The Morgan fingerprint density at radius 2 is 1.28 bits per heavy atom. The van der Waals surface area contributed by atoms with Gasteiger partial charge in [0.25, 0.3) is 0 Å². The highest BCUT2D eigenvalue weighted by molar-refractivity contribution is 6.74. The number of rotatable bonds is 34. The summed E-state index contributed by atoms with van der Waals surface area (Å²) in [6, 6.07) is 5.58. The third-order valence-electron chi connectivity index (χ3n) is 9.00. The van der Waals surface area contributed by atoms with E-state index in [1.165, 1.54) is 0 Å². The number of amides is 3. The fourth-order valence-corrected chi connectivity index (χ4v) is 5.72. The lowest BCUT2D eigenvalue weighted by Gasteiger charge is -2.36. The summed E-state index contributed by atoms with van der Waals surface area (Å²) in [7, 11) is -2.02. The molecule has 18 nitrogen and oxygen atoms in total. The van der Waals surface area contributed by atoms with Crippen LogP contribution in [0.25, 0.3) is 10.4 Å². The minimum absolute atomic E-state index is 0.0461. The van der Waals surface area contributed by atoms with Crippen LogP contribution in [0.5, 0.6) is 5.75 Å².